The predicted molar refractivity (Wildman–Crippen MR) is 74.1 cm³/mol. The van der Waals surface area contributed by atoms with Gasteiger partial charge in [-0.2, -0.15) is 0 Å². The highest BCUT2D eigenvalue weighted by Gasteiger charge is 2.37. The van der Waals surface area contributed by atoms with Crippen molar-refractivity contribution in [2.75, 3.05) is 0 Å². The molecular weight excluding hydrogens is 252 g/mol. The van der Waals surface area contributed by atoms with E-state index in [-0.39, 0.29) is 5.04 Å². The summed E-state index contributed by atoms with van der Waals surface area (Å²) in [5.41, 5.74) is 1.63. The van der Waals surface area contributed by atoms with E-state index in [9.17, 15) is 9.59 Å². The normalized spacial score (nSPS) is 12.6. The molecule has 0 aliphatic heterocycles. The first-order valence-corrected chi connectivity index (χ1v) is 8.97. The second-order valence-corrected chi connectivity index (χ2v) is 10.4. The molecule has 0 fully saturated rings. The van der Waals surface area contributed by atoms with E-state index in [1.807, 2.05) is 25.2 Å². The van der Waals surface area contributed by atoms with Crippen molar-refractivity contribution in [2.45, 2.75) is 38.4 Å². The topological polar surface area (TPSA) is 37.3 Å². The Hall–Kier alpha value is -0.643. The summed E-state index contributed by atoms with van der Waals surface area (Å²) in [6.07, 6.45) is 0.805. The van der Waals surface area contributed by atoms with Crippen molar-refractivity contribution in [3.05, 3.63) is 35.4 Å². The molecule has 0 atom stereocenters. The quantitative estimate of drug-likeness (QED) is 0.671. The van der Waals surface area contributed by atoms with Crippen LogP contribution < -0.4 is 0 Å². The summed E-state index contributed by atoms with van der Waals surface area (Å²) in [5, 5.41) is -0.535. The average Bonchev–Trinajstić information content (AvgIpc) is 2.16. The van der Waals surface area contributed by atoms with Crippen molar-refractivity contribution in [1.82, 2.24) is 0 Å². The number of hydrogen-bond donors (Lipinski definition) is 1. The summed E-state index contributed by atoms with van der Waals surface area (Å²) < 4.78 is 0. The minimum atomic E-state index is -2.20. The van der Waals surface area contributed by atoms with Crippen LogP contribution in [0.4, 0.5) is 0 Å². The van der Waals surface area contributed by atoms with E-state index in [1.165, 1.54) is 0 Å². The third kappa shape index (κ3) is 3.66. The van der Waals surface area contributed by atoms with Gasteiger partial charge in [0.25, 0.3) is 5.24 Å². The number of halogens is 1. The fraction of sp³-hybridized carbons (Fsp3) is 0.462. The van der Waals surface area contributed by atoms with Crippen LogP contribution in [0.3, 0.4) is 0 Å². The van der Waals surface area contributed by atoms with Gasteiger partial charge in [0.2, 0.25) is 0 Å². The molecule has 1 rings (SSSR count). The molecule has 2 nitrogen and oxygen atoms in total. The van der Waals surface area contributed by atoms with E-state index < -0.39 is 13.6 Å². The van der Waals surface area contributed by atoms with Crippen molar-refractivity contribution in [3.8, 4) is 0 Å². The molecule has 0 radical (unpaired) electrons. The Morgan fingerprint density at radius 3 is 2.12 bits per heavy atom. The summed E-state index contributed by atoms with van der Waals surface area (Å²) in [6, 6.07) is 7.26. The van der Waals surface area contributed by atoms with Gasteiger partial charge in [-0.15, -0.1) is 0 Å². The second-order valence-electron chi connectivity index (χ2n) is 5.59. The molecule has 0 spiro atoms. The van der Waals surface area contributed by atoms with Crippen LogP contribution in [0, 0.1) is 0 Å². The average molecular weight is 271 g/mol. The molecule has 0 aliphatic carbocycles. The van der Waals surface area contributed by atoms with Gasteiger partial charge in [-0.1, -0.05) is 26.0 Å². The first-order valence-electron chi connectivity index (χ1n) is 5.65. The number of carbonyl (C=O) groups is 1. The SMILES string of the molecule is CC(C)(Cc1ccc(C(=O)Cl)cc1)[Si](C)(C)O. The van der Waals surface area contributed by atoms with Gasteiger partial charge in [-0.05, 0) is 53.9 Å². The minimum Gasteiger partial charge on any atom is -0.432 e. The van der Waals surface area contributed by atoms with Gasteiger partial charge in [0.05, 0.1) is 0 Å². The molecule has 1 aromatic carbocycles. The van der Waals surface area contributed by atoms with Gasteiger partial charge < -0.3 is 4.80 Å². The molecule has 0 saturated carbocycles. The van der Waals surface area contributed by atoms with Crippen LogP contribution in [0.15, 0.2) is 24.3 Å². The fourth-order valence-electron chi connectivity index (χ4n) is 1.48. The van der Waals surface area contributed by atoms with E-state index in [0.717, 1.165) is 12.0 Å². The van der Waals surface area contributed by atoms with E-state index in [4.69, 9.17) is 11.6 Å². The maximum Gasteiger partial charge on any atom is 0.252 e. The molecule has 0 bridgehead atoms. The van der Waals surface area contributed by atoms with Gasteiger partial charge in [0, 0.05) is 5.56 Å². The summed E-state index contributed by atoms with van der Waals surface area (Å²) in [5.74, 6) is 0. The lowest BCUT2D eigenvalue weighted by atomic mass is 10.0. The summed E-state index contributed by atoms with van der Waals surface area (Å²) >= 11 is 5.39. The van der Waals surface area contributed by atoms with Gasteiger partial charge in [0.1, 0.15) is 0 Å². The molecular formula is C13H19ClO2Si. The first kappa shape index (κ1) is 14.4. The molecule has 94 valence electrons. The van der Waals surface area contributed by atoms with Crippen molar-refractivity contribution in [2.24, 2.45) is 0 Å². The Balaban J connectivity index is 2.86. The molecule has 1 aromatic rings. The van der Waals surface area contributed by atoms with Crippen molar-refractivity contribution in [1.29, 1.82) is 0 Å². The van der Waals surface area contributed by atoms with E-state index in [2.05, 4.69) is 13.8 Å². The maximum atomic E-state index is 10.9. The summed E-state index contributed by atoms with van der Waals surface area (Å²) in [4.78, 5) is 21.1. The lowest BCUT2D eigenvalue weighted by Crippen LogP contribution is -2.40. The van der Waals surface area contributed by atoms with Gasteiger partial charge in [0.15, 0.2) is 8.32 Å². The smallest absolute Gasteiger partial charge is 0.252 e. The number of rotatable bonds is 4. The highest BCUT2D eigenvalue weighted by atomic mass is 35.5. The van der Waals surface area contributed by atoms with Crippen molar-refractivity contribution >= 4 is 25.2 Å². The van der Waals surface area contributed by atoms with Crippen molar-refractivity contribution in [3.63, 3.8) is 0 Å². The van der Waals surface area contributed by atoms with Crippen LogP contribution in [-0.2, 0) is 6.42 Å². The molecule has 0 aliphatic rings. The van der Waals surface area contributed by atoms with Crippen LogP contribution in [0.5, 0.6) is 0 Å². The van der Waals surface area contributed by atoms with Crippen LogP contribution in [0.1, 0.15) is 29.8 Å². The molecule has 0 heterocycles. The van der Waals surface area contributed by atoms with Crippen LogP contribution in [0.2, 0.25) is 18.1 Å². The molecule has 1 N–H and O–H groups in total. The number of hydrogen-bond acceptors (Lipinski definition) is 2. The molecule has 17 heavy (non-hydrogen) atoms. The standard InChI is InChI=1S/C13H19ClO2Si/c1-13(2,17(3,4)16)9-10-5-7-11(8-6-10)12(14)15/h5-8,16H,9H2,1-4H3. The highest BCUT2D eigenvalue weighted by Crippen LogP contribution is 2.38. The fourth-order valence-corrected chi connectivity index (χ4v) is 2.24. The highest BCUT2D eigenvalue weighted by molar-refractivity contribution is 6.72. The lowest BCUT2D eigenvalue weighted by Gasteiger charge is -2.35. The van der Waals surface area contributed by atoms with Crippen LogP contribution >= 0.6 is 11.6 Å². The molecule has 0 unspecified atom stereocenters. The zero-order valence-electron chi connectivity index (χ0n) is 10.7. The zero-order chi connectivity index (χ0) is 13.3. The second kappa shape index (κ2) is 4.92. The molecule has 0 saturated heterocycles. The van der Waals surface area contributed by atoms with Gasteiger partial charge in [-0.25, -0.2) is 0 Å². The first-order chi connectivity index (χ1) is 7.63. The number of carbonyl (C=O) groups excluding carboxylic acids is 1. The Kier molecular flexibility index (Phi) is 4.18. The Morgan fingerprint density at radius 1 is 1.29 bits per heavy atom. The third-order valence-corrected chi connectivity index (χ3v) is 7.19. The molecule has 4 heteroatoms. The van der Waals surface area contributed by atoms with Crippen LogP contribution in [-0.4, -0.2) is 18.4 Å². The summed E-state index contributed by atoms with van der Waals surface area (Å²) in [7, 11) is -2.20. The van der Waals surface area contributed by atoms with E-state index in [0.29, 0.717) is 5.56 Å². The summed E-state index contributed by atoms with van der Waals surface area (Å²) in [6.45, 7) is 8.06. The largest absolute Gasteiger partial charge is 0.432 e. The molecule has 0 amide bonds. The lowest BCUT2D eigenvalue weighted by molar-refractivity contribution is 0.108. The molecule has 0 aromatic heterocycles. The Morgan fingerprint density at radius 2 is 1.76 bits per heavy atom. The Bertz CT molecular complexity index is 404. The number of benzene rings is 1. The maximum absolute atomic E-state index is 10.9. The Labute approximate surface area is 109 Å². The zero-order valence-corrected chi connectivity index (χ0v) is 12.5. The minimum absolute atomic E-state index is 0.0977. The third-order valence-electron chi connectivity index (χ3n) is 3.48. The van der Waals surface area contributed by atoms with Gasteiger partial charge >= 0.3 is 0 Å². The predicted octanol–water partition coefficient (Wildman–Crippen LogP) is 3.59. The van der Waals surface area contributed by atoms with Gasteiger partial charge in [-0.3, -0.25) is 4.79 Å². The van der Waals surface area contributed by atoms with E-state index >= 15 is 0 Å². The van der Waals surface area contributed by atoms with Crippen LogP contribution in [0.25, 0.3) is 0 Å². The monoisotopic (exact) mass is 270 g/mol. The van der Waals surface area contributed by atoms with Crippen molar-refractivity contribution < 1.29 is 9.59 Å². The van der Waals surface area contributed by atoms with E-state index in [1.54, 1.807) is 12.1 Å².